The van der Waals surface area contributed by atoms with Crippen molar-refractivity contribution >= 4 is 21.6 Å². The minimum Gasteiger partial charge on any atom is -0.394 e. The number of aliphatic hydroxyl groups excluding tert-OH is 1. The van der Waals surface area contributed by atoms with E-state index in [0.717, 1.165) is 18.7 Å². The van der Waals surface area contributed by atoms with Crippen LogP contribution >= 0.6 is 11.8 Å². The van der Waals surface area contributed by atoms with Crippen molar-refractivity contribution < 1.29 is 13.5 Å². The summed E-state index contributed by atoms with van der Waals surface area (Å²) in [7, 11) is -2.87. The van der Waals surface area contributed by atoms with Gasteiger partial charge in [0.15, 0.2) is 0 Å². The van der Waals surface area contributed by atoms with Crippen LogP contribution in [-0.4, -0.2) is 55.7 Å². The Labute approximate surface area is 115 Å². The van der Waals surface area contributed by atoms with Crippen molar-refractivity contribution in [1.29, 1.82) is 0 Å². The Balaban J connectivity index is 2.41. The van der Waals surface area contributed by atoms with E-state index in [1.807, 2.05) is 0 Å². The Morgan fingerprint density at radius 1 is 1.44 bits per heavy atom. The summed E-state index contributed by atoms with van der Waals surface area (Å²) in [4.78, 5) is 0. The van der Waals surface area contributed by atoms with Crippen molar-refractivity contribution in [3.8, 4) is 0 Å². The first-order valence-corrected chi connectivity index (χ1v) is 9.76. The Kier molecular flexibility index (Phi) is 6.44. The average Bonchev–Trinajstić information content (AvgIpc) is 3.12. The fourth-order valence-corrected chi connectivity index (χ4v) is 4.64. The highest BCUT2D eigenvalue weighted by molar-refractivity contribution is 8.00. The van der Waals surface area contributed by atoms with Crippen molar-refractivity contribution in [2.45, 2.75) is 31.7 Å². The molecule has 108 valence electrons. The van der Waals surface area contributed by atoms with Crippen LogP contribution in [0.1, 0.15) is 26.2 Å². The van der Waals surface area contributed by atoms with E-state index in [9.17, 15) is 13.5 Å². The Morgan fingerprint density at radius 3 is 2.56 bits per heavy atom. The van der Waals surface area contributed by atoms with Crippen LogP contribution in [0.5, 0.6) is 0 Å². The number of hydrogen-bond donors (Lipinski definition) is 2. The number of aliphatic hydroxyl groups is 1. The van der Waals surface area contributed by atoms with E-state index < -0.39 is 9.84 Å². The molecule has 18 heavy (non-hydrogen) atoms. The molecule has 0 amide bonds. The van der Waals surface area contributed by atoms with Gasteiger partial charge in [-0.15, -0.1) is 0 Å². The Bertz CT molecular complexity index is 341. The van der Waals surface area contributed by atoms with E-state index in [1.54, 1.807) is 11.8 Å². The maximum absolute atomic E-state index is 11.1. The maximum Gasteiger partial charge on any atom is 0.148 e. The first-order valence-electron chi connectivity index (χ1n) is 6.55. The van der Waals surface area contributed by atoms with Gasteiger partial charge in [-0.2, -0.15) is 11.8 Å². The van der Waals surface area contributed by atoms with E-state index in [2.05, 4.69) is 12.2 Å². The average molecular weight is 295 g/mol. The van der Waals surface area contributed by atoms with Gasteiger partial charge in [0.2, 0.25) is 0 Å². The Hall–Kier alpha value is 0.220. The number of hydrogen-bond acceptors (Lipinski definition) is 5. The summed E-state index contributed by atoms with van der Waals surface area (Å²) in [6.45, 7) is 3.16. The van der Waals surface area contributed by atoms with E-state index in [4.69, 9.17) is 0 Å². The lowest BCUT2D eigenvalue weighted by Crippen LogP contribution is -2.53. The lowest BCUT2D eigenvalue weighted by molar-refractivity contribution is 0.159. The van der Waals surface area contributed by atoms with E-state index in [0.29, 0.717) is 11.7 Å². The first kappa shape index (κ1) is 16.3. The van der Waals surface area contributed by atoms with Crippen molar-refractivity contribution in [2.75, 3.05) is 36.7 Å². The topological polar surface area (TPSA) is 66.4 Å². The summed E-state index contributed by atoms with van der Waals surface area (Å²) in [6.07, 6.45) is 4.65. The summed E-state index contributed by atoms with van der Waals surface area (Å²) in [5.41, 5.74) is -0.196. The highest BCUT2D eigenvalue weighted by atomic mass is 32.2. The van der Waals surface area contributed by atoms with Crippen LogP contribution in [0.15, 0.2) is 0 Å². The molecule has 0 aromatic rings. The van der Waals surface area contributed by atoms with E-state index in [-0.39, 0.29) is 17.9 Å². The molecule has 0 spiro atoms. The van der Waals surface area contributed by atoms with Crippen LogP contribution < -0.4 is 5.32 Å². The number of sulfone groups is 1. The molecule has 2 N–H and O–H groups in total. The molecule has 0 aromatic heterocycles. The minimum absolute atomic E-state index is 0.142. The Morgan fingerprint density at radius 2 is 2.11 bits per heavy atom. The fraction of sp³-hybridized carbons (Fsp3) is 1.00. The van der Waals surface area contributed by atoms with E-state index >= 15 is 0 Å². The molecule has 0 aromatic carbocycles. The number of rotatable bonds is 10. The zero-order valence-electron chi connectivity index (χ0n) is 11.3. The van der Waals surface area contributed by atoms with Crippen molar-refractivity contribution in [3.63, 3.8) is 0 Å². The van der Waals surface area contributed by atoms with E-state index in [1.165, 1.54) is 19.1 Å². The van der Waals surface area contributed by atoms with Crippen LogP contribution in [-0.2, 0) is 9.84 Å². The van der Waals surface area contributed by atoms with Gasteiger partial charge < -0.3 is 10.4 Å². The van der Waals surface area contributed by atoms with Gasteiger partial charge in [-0.1, -0.05) is 6.92 Å². The fourth-order valence-electron chi connectivity index (χ4n) is 2.02. The largest absolute Gasteiger partial charge is 0.394 e. The van der Waals surface area contributed by atoms with Gasteiger partial charge in [0.1, 0.15) is 9.84 Å². The summed E-state index contributed by atoms with van der Waals surface area (Å²) >= 11 is 1.63. The zero-order chi connectivity index (χ0) is 13.6. The van der Waals surface area contributed by atoms with Crippen LogP contribution in [0.2, 0.25) is 0 Å². The molecule has 0 radical (unpaired) electrons. The summed E-state index contributed by atoms with van der Waals surface area (Å²) in [6, 6.07) is 0. The van der Waals surface area contributed by atoms with Crippen molar-refractivity contribution in [1.82, 2.24) is 5.32 Å². The van der Waals surface area contributed by atoms with Gasteiger partial charge in [0.25, 0.3) is 0 Å². The normalized spacial score (nSPS) is 19.7. The highest BCUT2D eigenvalue weighted by Crippen LogP contribution is 2.41. The smallest absolute Gasteiger partial charge is 0.148 e. The summed E-state index contributed by atoms with van der Waals surface area (Å²) in [5, 5.41) is 13.2. The monoisotopic (exact) mass is 295 g/mol. The third kappa shape index (κ3) is 5.47. The summed E-state index contributed by atoms with van der Waals surface area (Å²) in [5.74, 6) is 2.18. The molecule has 0 heterocycles. The summed E-state index contributed by atoms with van der Waals surface area (Å²) < 4.78 is 22.1. The van der Waals surface area contributed by atoms with Gasteiger partial charge >= 0.3 is 0 Å². The molecule has 1 atom stereocenters. The van der Waals surface area contributed by atoms with Crippen molar-refractivity contribution in [2.24, 2.45) is 5.92 Å². The lowest BCUT2D eigenvalue weighted by Gasteiger charge is -2.33. The standard InChI is InChI=1S/C12H25NO3S2/c1-3-6-13-12(9-14,11-4-5-11)10-17-7-8-18(2,15)16/h11,13-14H,3-10H2,1-2H3. The molecule has 0 bridgehead atoms. The molecule has 1 unspecified atom stereocenters. The van der Waals surface area contributed by atoms with Gasteiger partial charge in [0, 0.05) is 17.8 Å². The lowest BCUT2D eigenvalue weighted by atomic mass is 9.96. The van der Waals surface area contributed by atoms with Gasteiger partial charge in [-0.3, -0.25) is 0 Å². The second-order valence-electron chi connectivity index (χ2n) is 5.20. The molecule has 6 heteroatoms. The predicted octanol–water partition coefficient (Wildman–Crippen LogP) is 0.905. The van der Waals surface area contributed by atoms with Crippen molar-refractivity contribution in [3.05, 3.63) is 0 Å². The van der Waals surface area contributed by atoms with Crippen LogP contribution in [0.25, 0.3) is 0 Å². The number of thioether (sulfide) groups is 1. The molecule has 4 nitrogen and oxygen atoms in total. The predicted molar refractivity (Wildman–Crippen MR) is 77.9 cm³/mol. The van der Waals surface area contributed by atoms with Crippen LogP contribution in [0.4, 0.5) is 0 Å². The molecule has 1 rings (SSSR count). The number of nitrogens with one attached hydrogen (secondary N) is 1. The molecule has 0 saturated heterocycles. The molecule has 1 fully saturated rings. The third-order valence-corrected chi connectivity index (χ3v) is 5.74. The second-order valence-corrected chi connectivity index (χ2v) is 8.56. The van der Waals surface area contributed by atoms with Gasteiger partial charge in [-0.25, -0.2) is 8.42 Å². The molecule has 1 aliphatic rings. The van der Waals surface area contributed by atoms with Crippen LogP contribution in [0, 0.1) is 5.92 Å². The second kappa shape index (κ2) is 7.12. The maximum atomic E-state index is 11.1. The third-order valence-electron chi connectivity index (χ3n) is 3.33. The quantitative estimate of drug-likeness (QED) is 0.586. The van der Waals surface area contributed by atoms with Gasteiger partial charge in [-0.05, 0) is 31.7 Å². The molecular formula is C12H25NO3S2. The SMILES string of the molecule is CCCNC(CO)(CSCCS(C)(=O)=O)C1CC1. The first-order chi connectivity index (χ1) is 8.43. The van der Waals surface area contributed by atoms with Crippen LogP contribution in [0.3, 0.4) is 0 Å². The zero-order valence-corrected chi connectivity index (χ0v) is 12.9. The molecule has 1 saturated carbocycles. The molecule has 0 aliphatic heterocycles. The minimum atomic E-state index is -2.87. The van der Waals surface area contributed by atoms with Gasteiger partial charge in [0.05, 0.1) is 17.9 Å². The molecular weight excluding hydrogens is 270 g/mol. The highest BCUT2D eigenvalue weighted by Gasteiger charge is 2.44. The molecule has 1 aliphatic carbocycles.